The number of ether oxygens (including phenoxy) is 3. The average molecular weight is 541 g/mol. The molecular weight excluding hydrogens is 486 g/mol. The van der Waals surface area contributed by atoms with Gasteiger partial charge in [-0.2, -0.15) is 0 Å². The molecule has 0 fully saturated rings. The molecule has 2 atom stereocenters. The lowest BCUT2D eigenvalue weighted by Gasteiger charge is -2.31. The Kier molecular flexibility index (Phi) is 21.5. The van der Waals surface area contributed by atoms with Gasteiger partial charge in [0.15, 0.2) is 12.1 Å². The van der Waals surface area contributed by atoms with Crippen LogP contribution < -0.4 is 0 Å². The number of rotatable bonds is 24. The molecular formula is C30H54NO7+. The lowest BCUT2D eigenvalue weighted by atomic mass is 10.1. The van der Waals surface area contributed by atoms with E-state index in [1.165, 1.54) is 25.7 Å². The van der Waals surface area contributed by atoms with Gasteiger partial charge in [-0.25, -0.2) is 4.79 Å². The molecule has 8 nitrogen and oxygen atoms in total. The molecule has 0 aliphatic heterocycles. The van der Waals surface area contributed by atoms with Crippen LogP contribution in [0, 0.1) is 0 Å². The fraction of sp³-hybridized carbons (Fsp3) is 0.767. The summed E-state index contributed by atoms with van der Waals surface area (Å²) in [6.45, 7) is 4.43. The van der Waals surface area contributed by atoms with Gasteiger partial charge in [0.1, 0.15) is 6.61 Å². The standard InChI is InChI=1S/C30H53NO7/c1-6-8-10-12-14-16-18-20-28(32)37-25-26(24-36-23-22-27(30(34)35)31(3,4)5)38-29(33)21-19-17-15-13-11-9-7-2/h8,10,14,16,26-27H,6-7,9,11-13,15,17-25H2,1-5H3/p+1/b10-8+,16-14+. The van der Waals surface area contributed by atoms with E-state index in [0.717, 1.165) is 32.1 Å². The van der Waals surface area contributed by atoms with E-state index in [1.807, 2.05) is 33.3 Å². The number of quaternary nitrogens is 1. The molecule has 0 bridgehead atoms. The van der Waals surface area contributed by atoms with Crippen LogP contribution in [0.3, 0.4) is 0 Å². The number of nitrogens with zero attached hydrogens (tertiary/aromatic N) is 1. The average Bonchev–Trinajstić information content (AvgIpc) is 2.84. The fourth-order valence-electron chi connectivity index (χ4n) is 3.85. The van der Waals surface area contributed by atoms with Gasteiger partial charge in [-0.3, -0.25) is 9.59 Å². The summed E-state index contributed by atoms with van der Waals surface area (Å²) in [4.78, 5) is 36.1. The quantitative estimate of drug-likeness (QED) is 0.0710. The first-order chi connectivity index (χ1) is 18.1. The number of esters is 2. The number of aliphatic carboxylic acids is 1. The number of carboxylic acid groups (broad SMARTS) is 1. The summed E-state index contributed by atoms with van der Waals surface area (Å²) in [6, 6.07) is -0.614. The zero-order valence-corrected chi connectivity index (χ0v) is 24.6. The molecule has 0 aromatic heterocycles. The van der Waals surface area contributed by atoms with Crippen molar-refractivity contribution in [3.8, 4) is 0 Å². The molecule has 0 saturated heterocycles. The number of likely N-dealkylation sites (N-methyl/N-ethyl adjacent to an activating group) is 1. The highest BCUT2D eigenvalue weighted by molar-refractivity contribution is 5.72. The summed E-state index contributed by atoms with van der Waals surface area (Å²) in [7, 11) is 5.47. The summed E-state index contributed by atoms with van der Waals surface area (Å²) >= 11 is 0. The van der Waals surface area contributed by atoms with Crippen LogP contribution in [-0.4, -0.2) is 80.6 Å². The Bertz CT molecular complexity index is 697. The van der Waals surface area contributed by atoms with Crippen LogP contribution in [0.25, 0.3) is 0 Å². The van der Waals surface area contributed by atoms with Gasteiger partial charge in [0.05, 0.1) is 34.4 Å². The summed E-state index contributed by atoms with van der Waals surface area (Å²) in [5, 5.41) is 9.48. The Balaban J connectivity index is 4.63. The van der Waals surface area contributed by atoms with E-state index in [4.69, 9.17) is 14.2 Å². The van der Waals surface area contributed by atoms with E-state index in [1.54, 1.807) is 0 Å². The Hall–Kier alpha value is -2.19. The van der Waals surface area contributed by atoms with E-state index < -0.39 is 18.1 Å². The van der Waals surface area contributed by atoms with E-state index in [9.17, 15) is 19.5 Å². The van der Waals surface area contributed by atoms with Gasteiger partial charge in [0, 0.05) is 19.3 Å². The van der Waals surface area contributed by atoms with Crippen LogP contribution in [0.5, 0.6) is 0 Å². The van der Waals surface area contributed by atoms with Gasteiger partial charge in [-0.15, -0.1) is 0 Å². The second kappa shape index (κ2) is 22.8. The monoisotopic (exact) mass is 540 g/mol. The number of hydrogen-bond donors (Lipinski definition) is 1. The molecule has 0 aliphatic carbocycles. The number of carbonyl (C=O) groups excluding carboxylic acids is 2. The van der Waals surface area contributed by atoms with Crippen molar-refractivity contribution in [2.45, 2.75) is 109 Å². The lowest BCUT2D eigenvalue weighted by Crippen LogP contribution is -2.50. The van der Waals surface area contributed by atoms with Gasteiger partial charge < -0.3 is 23.8 Å². The third-order valence-corrected chi connectivity index (χ3v) is 6.13. The smallest absolute Gasteiger partial charge is 0.362 e. The summed E-state index contributed by atoms with van der Waals surface area (Å²) in [5.74, 6) is -1.58. The number of unbranched alkanes of at least 4 members (excludes halogenated alkanes) is 6. The van der Waals surface area contributed by atoms with E-state index in [0.29, 0.717) is 19.3 Å². The Morgan fingerprint density at radius 2 is 1.47 bits per heavy atom. The first kappa shape index (κ1) is 35.8. The van der Waals surface area contributed by atoms with E-state index in [2.05, 4.69) is 26.0 Å². The molecule has 0 rings (SSSR count). The minimum atomic E-state index is -0.886. The predicted molar refractivity (Wildman–Crippen MR) is 151 cm³/mol. The number of hydrogen-bond acceptors (Lipinski definition) is 6. The zero-order chi connectivity index (χ0) is 28.7. The van der Waals surface area contributed by atoms with Crippen LogP contribution in [0.1, 0.15) is 97.3 Å². The molecule has 0 radical (unpaired) electrons. The first-order valence-electron chi connectivity index (χ1n) is 14.4. The van der Waals surface area contributed by atoms with Crippen LogP contribution in [0.2, 0.25) is 0 Å². The molecule has 0 aromatic rings. The molecule has 0 amide bonds. The maximum absolute atomic E-state index is 12.4. The van der Waals surface area contributed by atoms with Crippen molar-refractivity contribution in [3.05, 3.63) is 24.3 Å². The molecule has 2 unspecified atom stereocenters. The van der Waals surface area contributed by atoms with Gasteiger partial charge >= 0.3 is 17.9 Å². The summed E-state index contributed by atoms with van der Waals surface area (Å²) < 4.78 is 16.9. The van der Waals surface area contributed by atoms with Gasteiger partial charge in [0.25, 0.3) is 0 Å². The molecule has 0 saturated carbocycles. The van der Waals surface area contributed by atoms with Gasteiger partial charge in [-0.1, -0.05) is 76.7 Å². The Morgan fingerprint density at radius 1 is 0.816 bits per heavy atom. The van der Waals surface area contributed by atoms with Crippen LogP contribution >= 0.6 is 0 Å². The topological polar surface area (TPSA) is 99.1 Å². The van der Waals surface area contributed by atoms with Crippen molar-refractivity contribution in [2.75, 3.05) is 41.0 Å². The molecule has 0 aliphatic rings. The predicted octanol–water partition coefficient (Wildman–Crippen LogP) is 5.84. The fourth-order valence-corrected chi connectivity index (χ4v) is 3.85. The van der Waals surface area contributed by atoms with Crippen molar-refractivity contribution in [3.63, 3.8) is 0 Å². The van der Waals surface area contributed by atoms with E-state index >= 15 is 0 Å². The van der Waals surface area contributed by atoms with Crippen molar-refractivity contribution in [1.29, 1.82) is 0 Å². The molecule has 1 N–H and O–H groups in total. The highest BCUT2D eigenvalue weighted by Gasteiger charge is 2.31. The van der Waals surface area contributed by atoms with Crippen molar-refractivity contribution in [2.24, 2.45) is 0 Å². The minimum Gasteiger partial charge on any atom is -0.477 e. The van der Waals surface area contributed by atoms with Crippen molar-refractivity contribution >= 4 is 17.9 Å². The largest absolute Gasteiger partial charge is 0.477 e. The minimum absolute atomic E-state index is 0.0448. The SMILES string of the molecule is CC/C=C/C/C=C/CCC(=O)OCC(COCCC(C(=O)O)[N+](C)(C)C)OC(=O)CCCCCCCCC. The lowest BCUT2D eigenvalue weighted by molar-refractivity contribution is -0.887. The molecule has 0 aromatic carbocycles. The van der Waals surface area contributed by atoms with Gasteiger partial charge in [0.2, 0.25) is 0 Å². The van der Waals surface area contributed by atoms with E-state index in [-0.39, 0.29) is 42.7 Å². The second-order valence-corrected chi connectivity index (χ2v) is 10.6. The number of carboxylic acids is 1. The summed E-state index contributed by atoms with van der Waals surface area (Å²) in [6.07, 6.45) is 18.5. The van der Waals surface area contributed by atoms with Crippen molar-refractivity contribution in [1.82, 2.24) is 0 Å². The highest BCUT2D eigenvalue weighted by Crippen LogP contribution is 2.11. The van der Waals surface area contributed by atoms with Gasteiger partial charge in [-0.05, 0) is 25.7 Å². The van der Waals surface area contributed by atoms with Crippen LogP contribution in [0.4, 0.5) is 0 Å². The first-order valence-corrected chi connectivity index (χ1v) is 14.4. The molecule has 0 heterocycles. The maximum atomic E-state index is 12.4. The Morgan fingerprint density at radius 3 is 2.11 bits per heavy atom. The molecule has 220 valence electrons. The maximum Gasteiger partial charge on any atom is 0.362 e. The van der Waals surface area contributed by atoms with Crippen LogP contribution in [0.15, 0.2) is 24.3 Å². The highest BCUT2D eigenvalue weighted by atomic mass is 16.6. The zero-order valence-electron chi connectivity index (χ0n) is 24.6. The molecule has 38 heavy (non-hydrogen) atoms. The summed E-state index contributed by atoms with van der Waals surface area (Å²) in [5.41, 5.74) is 0. The molecule has 8 heteroatoms. The number of carbonyl (C=O) groups is 3. The van der Waals surface area contributed by atoms with Crippen LogP contribution in [-0.2, 0) is 28.6 Å². The van der Waals surface area contributed by atoms with Crippen molar-refractivity contribution < 1.29 is 38.2 Å². The third-order valence-electron chi connectivity index (χ3n) is 6.13. The normalized spacial score (nSPS) is 13.6. The third kappa shape index (κ3) is 20.8. The second-order valence-electron chi connectivity index (χ2n) is 10.6. The number of allylic oxidation sites excluding steroid dienone is 4. The Labute approximate surface area is 231 Å². The molecule has 0 spiro atoms.